The zero-order valence-electron chi connectivity index (χ0n) is 15.5. The van der Waals surface area contributed by atoms with Crippen molar-refractivity contribution in [3.63, 3.8) is 0 Å². The molecule has 0 amide bonds. The van der Waals surface area contributed by atoms with Crippen LogP contribution in [0.3, 0.4) is 0 Å². The van der Waals surface area contributed by atoms with Gasteiger partial charge < -0.3 is 4.98 Å². The molecule has 1 N–H and O–H groups in total. The summed E-state index contributed by atoms with van der Waals surface area (Å²) in [4.78, 5) is 6.59. The lowest BCUT2D eigenvalue weighted by Crippen LogP contribution is -2.44. The van der Waals surface area contributed by atoms with E-state index in [0.717, 1.165) is 6.07 Å². The van der Waals surface area contributed by atoms with E-state index in [0.29, 0.717) is 15.4 Å². The highest BCUT2D eigenvalue weighted by molar-refractivity contribution is 7.89. The first kappa shape index (κ1) is 19.8. The summed E-state index contributed by atoms with van der Waals surface area (Å²) in [5.74, 6) is -0.459. The van der Waals surface area contributed by atoms with E-state index in [2.05, 4.69) is 15.1 Å². The molecule has 3 aromatic rings. The van der Waals surface area contributed by atoms with Gasteiger partial charge in [-0.1, -0.05) is 0 Å². The van der Waals surface area contributed by atoms with Gasteiger partial charge in [0.2, 0.25) is 0 Å². The van der Waals surface area contributed by atoms with E-state index >= 15 is 0 Å². The number of fused-ring (bicyclic) bond motifs is 1. The number of aryl methyl sites for hydroxylation is 2. The van der Waals surface area contributed by atoms with Gasteiger partial charge in [-0.15, -0.1) is 0 Å². The van der Waals surface area contributed by atoms with Crippen LogP contribution in [-0.2, 0) is 17.1 Å². The molecule has 29 heavy (non-hydrogen) atoms. The molecule has 0 aliphatic carbocycles. The molecule has 0 unspecified atom stereocenters. The van der Waals surface area contributed by atoms with Crippen LogP contribution in [0.2, 0.25) is 0 Å². The number of hydrogen-bond donors (Lipinski definition) is 1. The first-order valence-corrected chi connectivity index (χ1v) is 10.2. The molecular weight excluding hydrogens is 414 g/mol. The minimum Gasteiger partial charge on any atom is -0.342 e. The average Bonchev–Trinajstić information content (AvgIpc) is 3.32. The van der Waals surface area contributed by atoms with E-state index in [9.17, 15) is 26.0 Å². The SMILES string of the molecule is Cc1cc(F)c2[nH]c(S(=O)(=O)N3CCC[C@H]3C(F)(F)F)cc2c1-c1ncn(C)n1. The van der Waals surface area contributed by atoms with Crippen molar-refractivity contribution in [1.82, 2.24) is 24.1 Å². The molecule has 3 heterocycles. The number of halogens is 4. The van der Waals surface area contributed by atoms with Gasteiger partial charge in [-0.05, 0) is 37.5 Å². The van der Waals surface area contributed by atoms with Crippen LogP contribution in [0.15, 0.2) is 23.5 Å². The number of nitrogens with one attached hydrogen (secondary N) is 1. The van der Waals surface area contributed by atoms with Crippen molar-refractivity contribution in [2.24, 2.45) is 7.05 Å². The maximum atomic E-state index is 14.5. The van der Waals surface area contributed by atoms with Crippen molar-refractivity contribution in [2.75, 3.05) is 6.54 Å². The second-order valence-electron chi connectivity index (χ2n) is 7.03. The summed E-state index contributed by atoms with van der Waals surface area (Å²) in [6, 6.07) is 0.260. The summed E-state index contributed by atoms with van der Waals surface area (Å²) < 4.78 is 82.1. The molecule has 12 heteroatoms. The molecule has 1 aliphatic rings. The zero-order valence-corrected chi connectivity index (χ0v) is 16.3. The normalized spacial score (nSPS) is 18.8. The Kier molecular flexibility index (Phi) is 4.46. The van der Waals surface area contributed by atoms with Gasteiger partial charge in [0, 0.05) is 24.5 Å². The second-order valence-corrected chi connectivity index (χ2v) is 8.89. The van der Waals surface area contributed by atoms with E-state index in [1.54, 1.807) is 14.0 Å². The number of alkyl halides is 3. The maximum absolute atomic E-state index is 14.5. The number of H-pyrrole nitrogens is 1. The van der Waals surface area contributed by atoms with Gasteiger partial charge >= 0.3 is 6.18 Å². The Hall–Kier alpha value is -2.47. The summed E-state index contributed by atoms with van der Waals surface area (Å²) in [5.41, 5.74) is 0.756. The summed E-state index contributed by atoms with van der Waals surface area (Å²) in [6.07, 6.45) is -3.45. The van der Waals surface area contributed by atoms with E-state index < -0.39 is 33.1 Å². The van der Waals surface area contributed by atoms with Crippen LogP contribution in [-0.4, -0.2) is 51.2 Å². The lowest BCUT2D eigenvalue weighted by molar-refractivity contribution is -0.165. The van der Waals surface area contributed by atoms with Crippen molar-refractivity contribution in [3.8, 4) is 11.4 Å². The van der Waals surface area contributed by atoms with Crippen LogP contribution in [0.25, 0.3) is 22.3 Å². The van der Waals surface area contributed by atoms with Crippen molar-refractivity contribution in [2.45, 2.75) is 37.0 Å². The summed E-state index contributed by atoms with van der Waals surface area (Å²) in [7, 11) is -2.87. The Labute approximate surface area is 163 Å². The van der Waals surface area contributed by atoms with Crippen molar-refractivity contribution in [3.05, 3.63) is 29.8 Å². The number of rotatable bonds is 3. The highest BCUT2D eigenvalue weighted by Gasteiger charge is 2.50. The van der Waals surface area contributed by atoms with Crippen LogP contribution >= 0.6 is 0 Å². The van der Waals surface area contributed by atoms with Gasteiger partial charge in [0.15, 0.2) is 5.82 Å². The number of benzene rings is 1. The summed E-state index contributed by atoms with van der Waals surface area (Å²) >= 11 is 0. The Balaban J connectivity index is 1.89. The van der Waals surface area contributed by atoms with Gasteiger partial charge in [0.05, 0.1) is 5.52 Å². The predicted octanol–water partition coefficient (Wildman–Crippen LogP) is 3.13. The molecule has 1 fully saturated rings. The van der Waals surface area contributed by atoms with Crippen LogP contribution in [0, 0.1) is 12.7 Å². The second kappa shape index (κ2) is 6.52. The Morgan fingerprint density at radius 2 is 2.00 bits per heavy atom. The molecule has 0 radical (unpaired) electrons. The molecule has 0 saturated carbocycles. The van der Waals surface area contributed by atoms with E-state index in [1.807, 2.05) is 0 Å². The number of nitrogens with zero attached hydrogens (tertiary/aromatic N) is 4. The highest BCUT2D eigenvalue weighted by atomic mass is 32.2. The first-order chi connectivity index (χ1) is 13.5. The van der Waals surface area contributed by atoms with Crippen LogP contribution in [0.5, 0.6) is 0 Å². The minimum absolute atomic E-state index is 0.0974. The van der Waals surface area contributed by atoms with Gasteiger partial charge in [-0.25, -0.2) is 17.8 Å². The Bertz CT molecular complexity index is 1200. The van der Waals surface area contributed by atoms with E-state index in [-0.39, 0.29) is 36.1 Å². The van der Waals surface area contributed by atoms with Gasteiger partial charge in [0.1, 0.15) is 23.2 Å². The molecule has 1 aliphatic heterocycles. The summed E-state index contributed by atoms with van der Waals surface area (Å²) in [6.45, 7) is 1.37. The standard InChI is InChI=1S/C17H17F4N5O2S/c1-9-6-11(18)15-10(14(9)16-22-8-25(2)24-16)7-13(23-15)29(27,28)26-5-3-4-12(26)17(19,20)21/h6-8,12,23H,3-5H2,1-2H3/t12-/m0/s1. The fourth-order valence-electron chi connectivity index (χ4n) is 3.73. The largest absolute Gasteiger partial charge is 0.405 e. The Morgan fingerprint density at radius 1 is 1.28 bits per heavy atom. The fraction of sp³-hybridized carbons (Fsp3) is 0.412. The molecule has 1 atom stereocenters. The lowest BCUT2D eigenvalue weighted by atomic mass is 10.0. The molecule has 0 spiro atoms. The fourth-order valence-corrected chi connectivity index (χ4v) is 5.41. The first-order valence-electron chi connectivity index (χ1n) is 8.76. The van der Waals surface area contributed by atoms with Gasteiger partial charge in [0.25, 0.3) is 10.0 Å². The van der Waals surface area contributed by atoms with Crippen LogP contribution < -0.4 is 0 Å². The zero-order chi connectivity index (χ0) is 21.1. The minimum atomic E-state index is -4.68. The molecule has 4 rings (SSSR count). The third kappa shape index (κ3) is 3.19. The van der Waals surface area contributed by atoms with Crippen molar-refractivity contribution < 1.29 is 26.0 Å². The maximum Gasteiger partial charge on any atom is 0.405 e. The average molecular weight is 431 g/mol. The highest BCUT2D eigenvalue weighted by Crippen LogP contribution is 2.38. The molecule has 2 aromatic heterocycles. The van der Waals surface area contributed by atoms with Crippen molar-refractivity contribution in [1.29, 1.82) is 0 Å². The molecule has 1 saturated heterocycles. The molecule has 156 valence electrons. The molecular formula is C17H17F4N5O2S. The van der Waals surface area contributed by atoms with Gasteiger partial charge in [-0.3, -0.25) is 4.68 Å². The predicted molar refractivity (Wildman–Crippen MR) is 96.0 cm³/mol. The number of aromatic amines is 1. The monoisotopic (exact) mass is 431 g/mol. The Morgan fingerprint density at radius 3 is 2.62 bits per heavy atom. The number of aromatic nitrogens is 4. The third-order valence-corrected chi connectivity index (χ3v) is 6.86. The quantitative estimate of drug-likeness (QED) is 0.646. The number of sulfonamides is 1. The van der Waals surface area contributed by atoms with Crippen molar-refractivity contribution >= 4 is 20.9 Å². The molecule has 7 nitrogen and oxygen atoms in total. The van der Waals surface area contributed by atoms with E-state index in [1.165, 1.54) is 17.1 Å². The molecule has 0 bridgehead atoms. The summed E-state index contributed by atoms with van der Waals surface area (Å²) in [5, 5.41) is 3.87. The number of hydrogen-bond acceptors (Lipinski definition) is 4. The smallest absolute Gasteiger partial charge is 0.342 e. The van der Waals surface area contributed by atoms with Gasteiger partial charge in [-0.2, -0.15) is 22.6 Å². The lowest BCUT2D eigenvalue weighted by Gasteiger charge is -2.25. The molecule has 1 aromatic carbocycles. The van der Waals surface area contributed by atoms with Crippen LogP contribution in [0.4, 0.5) is 17.6 Å². The van der Waals surface area contributed by atoms with Crippen LogP contribution in [0.1, 0.15) is 18.4 Å². The van der Waals surface area contributed by atoms with E-state index in [4.69, 9.17) is 0 Å². The third-order valence-electron chi connectivity index (χ3n) is 5.03. The topological polar surface area (TPSA) is 83.9 Å².